The molecule has 3 nitrogen and oxygen atoms in total. The lowest BCUT2D eigenvalue weighted by atomic mass is 9.97. The molecule has 0 aromatic carbocycles. The van der Waals surface area contributed by atoms with Gasteiger partial charge in [0.1, 0.15) is 0 Å². The maximum absolute atomic E-state index is 9.38. The highest BCUT2D eigenvalue weighted by molar-refractivity contribution is 4.76. The fourth-order valence-corrected chi connectivity index (χ4v) is 1.29. The van der Waals surface area contributed by atoms with Gasteiger partial charge in [-0.15, -0.1) is 0 Å². The third-order valence-corrected chi connectivity index (χ3v) is 1.95. The van der Waals surface area contributed by atoms with Gasteiger partial charge in [0.15, 0.2) is 0 Å². The van der Waals surface area contributed by atoms with Gasteiger partial charge >= 0.3 is 0 Å². The first-order valence-electron chi connectivity index (χ1n) is 3.72. The lowest BCUT2D eigenvalue weighted by molar-refractivity contribution is 0.0289. The standard InChI is InChI=1S/C7H15NO2/c1-10-5-6-4-8-3-2-7(6)9/h6-9H,2-5H2,1H3/t6-,7-/m0/s1. The molecule has 10 heavy (non-hydrogen) atoms. The van der Waals surface area contributed by atoms with Gasteiger partial charge in [0.05, 0.1) is 12.7 Å². The van der Waals surface area contributed by atoms with Gasteiger partial charge in [-0.2, -0.15) is 0 Å². The smallest absolute Gasteiger partial charge is 0.0614 e. The molecule has 0 aromatic rings. The highest BCUT2D eigenvalue weighted by Gasteiger charge is 2.21. The number of aliphatic hydroxyl groups excluding tert-OH is 1. The summed E-state index contributed by atoms with van der Waals surface area (Å²) in [6, 6.07) is 0. The van der Waals surface area contributed by atoms with Crippen LogP contribution in [0.5, 0.6) is 0 Å². The minimum absolute atomic E-state index is 0.166. The lowest BCUT2D eigenvalue weighted by Crippen LogP contribution is -2.41. The average molecular weight is 145 g/mol. The Bertz CT molecular complexity index is 95.6. The molecule has 2 N–H and O–H groups in total. The summed E-state index contributed by atoms with van der Waals surface area (Å²) in [5.74, 6) is 0.291. The normalized spacial score (nSPS) is 34.2. The van der Waals surface area contributed by atoms with E-state index in [2.05, 4.69) is 5.32 Å². The van der Waals surface area contributed by atoms with Gasteiger partial charge < -0.3 is 15.2 Å². The Balaban J connectivity index is 2.25. The predicted octanol–water partition coefficient (Wildman–Crippen LogP) is -0.397. The number of nitrogens with one attached hydrogen (secondary N) is 1. The Morgan fingerprint density at radius 3 is 3.10 bits per heavy atom. The van der Waals surface area contributed by atoms with E-state index in [4.69, 9.17) is 4.74 Å². The van der Waals surface area contributed by atoms with E-state index in [9.17, 15) is 5.11 Å². The van der Waals surface area contributed by atoms with Gasteiger partial charge in [-0.3, -0.25) is 0 Å². The van der Waals surface area contributed by atoms with Crippen LogP contribution in [0.25, 0.3) is 0 Å². The second-order valence-corrected chi connectivity index (χ2v) is 2.78. The van der Waals surface area contributed by atoms with E-state index in [1.807, 2.05) is 0 Å². The summed E-state index contributed by atoms with van der Waals surface area (Å²) in [6.45, 7) is 2.48. The van der Waals surface area contributed by atoms with Gasteiger partial charge in [-0.1, -0.05) is 0 Å². The van der Waals surface area contributed by atoms with Crippen LogP contribution in [0.2, 0.25) is 0 Å². The molecule has 3 heteroatoms. The zero-order chi connectivity index (χ0) is 7.40. The molecule has 1 saturated heterocycles. The SMILES string of the molecule is COC[C@@H]1CNCC[C@@H]1O. The Hall–Kier alpha value is -0.120. The van der Waals surface area contributed by atoms with Gasteiger partial charge in [0, 0.05) is 19.6 Å². The molecule has 1 rings (SSSR count). The molecule has 60 valence electrons. The van der Waals surface area contributed by atoms with Crippen LogP contribution in [0, 0.1) is 5.92 Å². The number of ether oxygens (including phenoxy) is 1. The molecule has 0 bridgehead atoms. The predicted molar refractivity (Wildman–Crippen MR) is 38.9 cm³/mol. The van der Waals surface area contributed by atoms with Crippen LogP contribution >= 0.6 is 0 Å². The zero-order valence-corrected chi connectivity index (χ0v) is 6.34. The summed E-state index contributed by atoms with van der Waals surface area (Å²) < 4.78 is 4.95. The summed E-state index contributed by atoms with van der Waals surface area (Å²) in [5, 5.41) is 12.6. The molecular weight excluding hydrogens is 130 g/mol. The summed E-state index contributed by atoms with van der Waals surface area (Å²) in [5.41, 5.74) is 0. The van der Waals surface area contributed by atoms with Crippen molar-refractivity contribution in [1.82, 2.24) is 5.32 Å². The van der Waals surface area contributed by atoms with Crippen molar-refractivity contribution in [3.63, 3.8) is 0 Å². The molecule has 0 amide bonds. The van der Waals surface area contributed by atoms with Crippen molar-refractivity contribution in [2.45, 2.75) is 12.5 Å². The Morgan fingerprint density at radius 1 is 1.70 bits per heavy atom. The Kier molecular flexibility index (Phi) is 3.12. The third-order valence-electron chi connectivity index (χ3n) is 1.95. The molecule has 0 aromatic heterocycles. The molecule has 2 atom stereocenters. The van der Waals surface area contributed by atoms with Crippen molar-refractivity contribution in [2.24, 2.45) is 5.92 Å². The molecule has 0 aliphatic carbocycles. The lowest BCUT2D eigenvalue weighted by Gasteiger charge is -2.27. The number of rotatable bonds is 2. The Morgan fingerprint density at radius 2 is 2.50 bits per heavy atom. The van der Waals surface area contributed by atoms with Crippen molar-refractivity contribution in [3.05, 3.63) is 0 Å². The first-order valence-corrected chi connectivity index (χ1v) is 3.72. The molecule has 1 aliphatic rings. The maximum Gasteiger partial charge on any atom is 0.0614 e. The summed E-state index contributed by atoms with van der Waals surface area (Å²) in [6.07, 6.45) is 0.690. The molecule has 1 aliphatic heterocycles. The molecule has 0 saturated carbocycles. The van der Waals surface area contributed by atoms with Crippen LogP contribution in [-0.4, -0.2) is 38.0 Å². The van der Waals surface area contributed by atoms with Crippen LogP contribution in [0.15, 0.2) is 0 Å². The van der Waals surface area contributed by atoms with E-state index in [1.54, 1.807) is 7.11 Å². The van der Waals surface area contributed by atoms with E-state index in [0.717, 1.165) is 19.5 Å². The molecule has 1 heterocycles. The van der Waals surface area contributed by atoms with Crippen LogP contribution in [0.1, 0.15) is 6.42 Å². The van der Waals surface area contributed by atoms with Crippen molar-refractivity contribution in [2.75, 3.05) is 26.8 Å². The van der Waals surface area contributed by atoms with Crippen molar-refractivity contribution in [1.29, 1.82) is 0 Å². The number of hydrogen-bond acceptors (Lipinski definition) is 3. The minimum Gasteiger partial charge on any atom is -0.393 e. The summed E-state index contributed by atoms with van der Waals surface area (Å²) in [7, 11) is 1.67. The highest BCUT2D eigenvalue weighted by atomic mass is 16.5. The van der Waals surface area contributed by atoms with Gasteiger partial charge in [-0.25, -0.2) is 0 Å². The molecular formula is C7H15NO2. The van der Waals surface area contributed by atoms with E-state index < -0.39 is 0 Å². The number of aliphatic hydroxyl groups is 1. The molecule has 0 spiro atoms. The minimum atomic E-state index is -0.166. The first kappa shape index (κ1) is 7.98. The zero-order valence-electron chi connectivity index (χ0n) is 6.34. The van der Waals surface area contributed by atoms with Crippen LogP contribution in [0.4, 0.5) is 0 Å². The van der Waals surface area contributed by atoms with Gasteiger partial charge in [0.25, 0.3) is 0 Å². The molecule has 1 fully saturated rings. The van der Waals surface area contributed by atoms with Gasteiger partial charge in [-0.05, 0) is 13.0 Å². The number of methoxy groups -OCH3 is 1. The fraction of sp³-hybridized carbons (Fsp3) is 1.00. The van der Waals surface area contributed by atoms with Crippen molar-refractivity contribution < 1.29 is 9.84 Å². The maximum atomic E-state index is 9.38. The summed E-state index contributed by atoms with van der Waals surface area (Å²) >= 11 is 0. The van der Waals surface area contributed by atoms with Crippen LogP contribution < -0.4 is 5.32 Å². The highest BCUT2D eigenvalue weighted by Crippen LogP contribution is 2.10. The van der Waals surface area contributed by atoms with Crippen molar-refractivity contribution >= 4 is 0 Å². The van der Waals surface area contributed by atoms with Crippen LogP contribution in [-0.2, 0) is 4.74 Å². The Labute approximate surface area is 61.4 Å². The van der Waals surface area contributed by atoms with Crippen LogP contribution in [0.3, 0.4) is 0 Å². The first-order chi connectivity index (χ1) is 4.84. The number of piperidine rings is 1. The second kappa shape index (κ2) is 3.91. The van der Waals surface area contributed by atoms with E-state index in [0.29, 0.717) is 12.5 Å². The largest absolute Gasteiger partial charge is 0.393 e. The number of hydrogen-bond donors (Lipinski definition) is 2. The summed E-state index contributed by atoms with van der Waals surface area (Å²) in [4.78, 5) is 0. The molecule has 0 unspecified atom stereocenters. The van der Waals surface area contributed by atoms with E-state index >= 15 is 0 Å². The van der Waals surface area contributed by atoms with Crippen molar-refractivity contribution in [3.8, 4) is 0 Å². The second-order valence-electron chi connectivity index (χ2n) is 2.78. The van der Waals surface area contributed by atoms with Gasteiger partial charge in [0.2, 0.25) is 0 Å². The average Bonchev–Trinajstić information content (AvgIpc) is 1.94. The fourth-order valence-electron chi connectivity index (χ4n) is 1.29. The van der Waals surface area contributed by atoms with E-state index in [-0.39, 0.29) is 6.10 Å². The quantitative estimate of drug-likeness (QED) is 0.555. The monoisotopic (exact) mass is 145 g/mol. The molecule has 0 radical (unpaired) electrons. The third kappa shape index (κ3) is 1.94. The van der Waals surface area contributed by atoms with E-state index in [1.165, 1.54) is 0 Å². The topological polar surface area (TPSA) is 41.5 Å².